The highest BCUT2D eigenvalue weighted by Crippen LogP contribution is 2.19. The molecule has 0 radical (unpaired) electrons. The molecule has 0 aromatic rings. The molecule has 1 atom stereocenters. The van der Waals surface area contributed by atoms with Gasteiger partial charge in [-0.15, -0.1) is 0 Å². The van der Waals surface area contributed by atoms with Gasteiger partial charge in [-0.05, 0) is 46.1 Å². The van der Waals surface area contributed by atoms with Crippen LogP contribution < -0.4 is 0 Å². The molecule has 0 spiro atoms. The third-order valence-electron chi connectivity index (χ3n) is 2.68. The van der Waals surface area contributed by atoms with E-state index in [1.807, 2.05) is 20.8 Å². The summed E-state index contributed by atoms with van der Waals surface area (Å²) < 4.78 is 5.26. The topological polar surface area (TPSA) is 49.8 Å². The molecule has 1 aliphatic rings. The zero-order valence-electron chi connectivity index (χ0n) is 10.5. The van der Waals surface area contributed by atoms with E-state index in [0.29, 0.717) is 12.5 Å². The molecule has 4 heteroatoms. The number of likely N-dealkylation sites (tertiary alicyclic amines) is 1. The number of carbonyl (C=O) groups excluding carboxylic acids is 1. The second kappa shape index (κ2) is 5.64. The number of aliphatic hydroxyl groups excluding tert-OH is 1. The Balaban J connectivity index is 2.26. The van der Waals surface area contributed by atoms with Gasteiger partial charge in [-0.25, -0.2) is 0 Å². The molecular weight excluding hydrogens is 206 g/mol. The van der Waals surface area contributed by atoms with Crippen LogP contribution in [0.25, 0.3) is 0 Å². The number of aliphatic hydroxyl groups is 1. The molecule has 1 unspecified atom stereocenters. The summed E-state index contributed by atoms with van der Waals surface area (Å²) in [6.45, 7) is 8.09. The molecule has 1 saturated heterocycles. The first-order valence-corrected chi connectivity index (χ1v) is 5.96. The summed E-state index contributed by atoms with van der Waals surface area (Å²) in [4.78, 5) is 13.7. The summed E-state index contributed by atoms with van der Waals surface area (Å²) in [5, 5.41) is 8.84. The molecule has 0 aliphatic carbocycles. The first-order chi connectivity index (χ1) is 7.40. The average molecular weight is 229 g/mol. The van der Waals surface area contributed by atoms with Gasteiger partial charge in [-0.1, -0.05) is 0 Å². The number of hydrogen-bond donors (Lipinski definition) is 1. The van der Waals surface area contributed by atoms with Gasteiger partial charge in [0, 0.05) is 13.2 Å². The Morgan fingerprint density at radius 3 is 2.75 bits per heavy atom. The standard InChI is InChI=1S/C12H23NO3/c1-12(2,3)16-11(15)9-13-6-4-10(8-13)5-7-14/h10,14H,4-9H2,1-3H3. The lowest BCUT2D eigenvalue weighted by Crippen LogP contribution is -2.33. The molecule has 1 rings (SSSR count). The number of esters is 1. The van der Waals surface area contributed by atoms with E-state index in [1.54, 1.807) is 0 Å². The molecule has 1 N–H and O–H groups in total. The van der Waals surface area contributed by atoms with Crippen LogP contribution >= 0.6 is 0 Å². The Kier molecular flexibility index (Phi) is 4.74. The smallest absolute Gasteiger partial charge is 0.320 e. The van der Waals surface area contributed by atoms with Crippen LogP contribution in [0.4, 0.5) is 0 Å². The Bertz CT molecular complexity index is 235. The fourth-order valence-corrected chi connectivity index (χ4v) is 2.03. The first-order valence-electron chi connectivity index (χ1n) is 5.96. The van der Waals surface area contributed by atoms with Gasteiger partial charge in [0.15, 0.2) is 0 Å². The van der Waals surface area contributed by atoms with Crippen molar-refractivity contribution in [3.8, 4) is 0 Å². The van der Waals surface area contributed by atoms with Gasteiger partial charge in [-0.3, -0.25) is 9.69 Å². The summed E-state index contributed by atoms with van der Waals surface area (Å²) in [5.41, 5.74) is -0.401. The van der Waals surface area contributed by atoms with Crippen LogP contribution in [0, 0.1) is 5.92 Å². The fraction of sp³-hybridized carbons (Fsp3) is 0.917. The van der Waals surface area contributed by atoms with Crippen LogP contribution in [0.5, 0.6) is 0 Å². The third kappa shape index (κ3) is 4.94. The van der Waals surface area contributed by atoms with Crippen LogP contribution in [-0.4, -0.2) is 47.8 Å². The molecule has 0 bridgehead atoms. The maximum absolute atomic E-state index is 11.6. The lowest BCUT2D eigenvalue weighted by Gasteiger charge is -2.22. The van der Waals surface area contributed by atoms with Crippen molar-refractivity contribution in [1.29, 1.82) is 0 Å². The van der Waals surface area contributed by atoms with Crippen molar-refractivity contribution in [3.63, 3.8) is 0 Å². The summed E-state index contributed by atoms with van der Waals surface area (Å²) in [6.07, 6.45) is 1.91. The highest BCUT2D eigenvalue weighted by atomic mass is 16.6. The second-order valence-electron chi connectivity index (χ2n) is 5.49. The predicted octanol–water partition coefficient (Wildman–Crippen LogP) is 1.03. The zero-order valence-corrected chi connectivity index (χ0v) is 10.5. The minimum absolute atomic E-state index is 0.155. The van der Waals surface area contributed by atoms with E-state index in [4.69, 9.17) is 9.84 Å². The Hall–Kier alpha value is -0.610. The highest BCUT2D eigenvalue weighted by Gasteiger charge is 2.25. The summed E-state index contributed by atoms with van der Waals surface area (Å²) in [6, 6.07) is 0. The SMILES string of the molecule is CC(C)(C)OC(=O)CN1CCC(CCO)C1. The number of rotatable bonds is 4. The molecule has 0 aromatic carbocycles. The van der Waals surface area contributed by atoms with Crippen molar-refractivity contribution in [2.45, 2.75) is 39.2 Å². The lowest BCUT2D eigenvalue weighted by molar-refractivity contribution is -0.155. The van der Waals surface area contributed by atoms with Crippen molar-refractivity contribution < 1.29 is 14.6 Å². The van der Waals surface area contributed by atoms with E-state index < -0.39 is 5.60 Å². The van der Waals surface area contributed by atoms with Crippen LogP contribution in [0.2, 0.25) is 0 Å². The summed E-state index contributed by atoms with van der Waals surface area (Å²) in [7, 11) is 0. The quantitative estimate of drug-likeness (QED) is 0.732. The van der Waals surface area contributed by atoms with Gasteiger partial charge >= 0.3 is 5.97 Å². The molecule has 0 aromatic heterocycles. The van der Waals surface area contributed by atoms with Gasteiger partial charge in [-0.2, -0.15) is 0 Å². The molecule has 0 amide bonds. The zero-order chi connectivity index (χ0) is 12.2. The van der Waals surface area contributed by atoms with Crippen molar-refractivity contribution in [2.24, 2.45) is 5.92 Å². The fourth-order valence-electron chi connectivity index (χ4n) is 2.03. The summed E-state index contributed by atoms with van der Waals surface area (Å²) >= 11 is 0. The molecular formula is C12H23NO3. The maximum Gasteiger partial charge on any atom is 0.320 e. The number of nitrogens with zero attached hydrogens (tertiary/aromatic N) is 1. The first kappa shape index (κ1) is 13.5. The van der Waals surface area contributed by atoms with E-state index in [9.17, 15) is 4.79 Å². The second-order valence-corrected chi connectivity index (χ2v) is 5.49. The maximum atomic E-state index is 11.6. The molecule has 0 saturated carbocycles. The van der Waals surface area contributed by atoms with Crippen molar-refractivity contribution in [1.82, 2.24) is 4.90 Å². The van der Waals surface area contributed by atoms with Gasteiger partial charge in [0.25, 0.3) is 0 Å². The van der Waals surface area contributed by atoms with E-state index in [0.717, 1.165) is 25.9 Å². The van der Waals surface area contributed by atoms with Crippen molar-refractivity contribution in [3.05, 3.63) is 0 Å². The Morgan fingerprint density at radius 2 is 2.19 bits per heavy atom. The lowest BCUT2D eigenvalue weighted by atomic mass is 10.1. The van der Waals surface area contributed by atoms with Crippen molar-refractivity contribution >= 4 is 5.97 Å². The monoisotopic (exact) mass is 229 g/mol. The largest absolute Gasteiger partial charge is 0.459 e. The van der Waals surface area contributed by atoms with Crippen LogP contribution in [0.1, 0.15) is 33.6 Å². The number of carbonyl (C=O) groups is 1. The van der Waals surface area contributed by atoms with E-state index >= 15 is 0 Å². The highest BCUT2D eigenvalue weighted by molar-refractivity contribution is 5.72. The van der Waals surface area contributed by atoms with Gasteiger partial charge in [0.05, 0.1) is 6.54 Å². The van der Waals surface area contributed by atoms with Crippen LogP contribution in [0.15, 0.2) is 0 Å². The van der Waals surface area contributed by atoms with Gasteiger partial charge < -0.3 is 9.84 Å². The van der Waals surface area contributed by atoms with Crippen LogP contribution in [-0.2, 0) is 9.53 Å². The molecule has 4 nitrogen and oxygen atoms in total. The Labute approximate surface area is 97.6 Å². The average Bonchev–Trinajstić information content (AvgIpc) is 2.49. The van der Waals surface area contributed by atoms with Gasteiger partial charge in [0.2, 0.25) is 0 Å². The molecule has 94 valence electrons. The number of hydrogen-bond acceptors (Lipinski definition) is 4. The minimum Gasteiger partial charge on any atom is -0.459 e. The molecule has 16 heavy (non-hydrogen) atoms. The van der Waals surface area contributed by atoms with E-state index in [-0.39, 0.29) is 12.6 Å². The number of ether oxygens (including phenoxy) is 1. The van der Waals surface area contributed by atoms with Crippen LogP contribution in [0.3, 0.4) is 0 Å². The predicted molar refractivity (Wildman–Crippen MR) is 62.1 cm³/mol. The van der Waals surface area contributed by atoms with E-state index in [1.165, 1.54) is 0 Å². The third-order valence-corrected chi connectivity index (χ3v) is 2.68. The van der Waals surface area contributed by atoms with E-state index in [2.05, 4.69) is 4.90 Å². The molecule has 1 heterocycles. The summed E-state index contributed by atoms with van der Waals surface area (Å²) in [5.74, 6) is 0.379. The molecule has 1 aliphatic heterocycles. The minimum atomic E-state index is -0.401. The normalized spacial score (nSPS) is 22.4. The van der Waals surface area contributed by atoms with Crippen molar-refractivity contribution in [2.75, 3.05) is 26.2 Å². The molecule has 1 fully saturated rings. The van der Waals surface area contributed by atoms with Gasteiger partial charge in [0.1, 0.15) is 5.60 Å². The Morgan fingerprint density at radius 1 is 1.50 bits per heavy atom.